The summed E-state index contributed by atoms with van der Waals surface area (Å²) in [5.74, 6) is 0.00422. The third kappa shape index (κ3) is 3.59. The molecule has 1 aliphatic heterocycles. The number of benzene rings is 1. The molecule has 0 aromatic heterocycles. The van der Waals surface area contributed by atoms with Crippen molar-refractivity contribution in [2.45, 2.75) is 0 Å². The highest BCUT2D eigenvalue weighted by Crippen LogP contribution is 2.22. The maximum Gasteiger partial charge on any atom is 0.255 e. The number of hydrogen-bond donors (Lipinski definition) is 0. The van der Waals surface area contributed by atoms with Crippen molar-refractivity contribution in [2.75, 3.05) is 32.7 Å². The van der Waals surface area contributed by atoms with Crippen molar-refractivity contribution in [1.82, 2.24) is 9.80 Å². The molecular weight excluding hydrogens is 328 g/mol. The van der Waals surface area contributed by atoms with Gasteiger partial charge in [-0.15, -0.1) is 6.58 Å². The summed E-state index contributed by atoms with van der Waals surface area (Å²) in [6.07, 6.45) is 1.89. The van der Waals surface area contributed by atoms with Gasteiger partial charge in [0.05, 0.1) is 10.6 Å². The van der Waals surface area contributed by atoms with Crippen LogP contribution in [0.3, 0.4) is 0 Å². The molecule has 0 bridgehead atoms. The number of halogens is 2. The molecule has 3 nitrogen and oxygen atoms in total. The maximum absolute atomic E-state index is 12.4. The van der Waals surface area contributed by atoms with Crippen molar-refractivity contribution in [2.24, 2.45) is 0 Å². The molecule has 19 heavy (non-hydrogen) atoms. The third-order valence-corrected chi connectivity index (χ3v) is 4.03. The number of amides is 1. The van der Waals surface area contributed by atoms with Gasteiger partial charge < -0.3 is 4.90 Å². The molecule has 0 unspecified atom stereocenters. The molecule has 1 amide bonds. The summed E-state index contributed by atoms with van der Waals surface area (Å²) in [5.41, 5.74) is 0.563. The van der Waals surface area contributed by atoms with E-state index < -0.39 is 0 Å². The fourth-order valence-electron chi connectivity index (χ4n) is 2.15. The minimum atomic E-state index is 0.00422. The van der Waals surface area contributed by atoms with Gasteiger partial charge in [0.15, 0.2) is 0 Å². The highest BCUT2D eigenvalue weighted by molar-refractivity contribution is 9.10. The van der Waals surface area contributed by atoms with E-state index in [4.69, 9.17) is 11.6 Å². The molecule has 0 radical (unpaired) electrons. The van der Waals surface area contributed by atoms with Gasteiger partial charge in [0.25, 0.3) is 5.91 Å². The molecular formula is C14H16BrClN2O. The van der Waals surface area contributed by atoms with Crippen LogP contribution in [0.2, 0.25) is 5.02 Å². The van der Waals surface area contributed by atoms with Crippen LogP contribution in [0.4, 0.5) is 0 Å². The SMILES string of the molecule is C=CCN1CCN(C(=O)c2cc(Br)ccc2Cl)CC1. The summed E-state index contributed by atoms with van der Waals surface area (Å²) >= 11 is 9.47. The van der Waals surface area contributed by atoms with Crippen LogP contribution in [0.1, 0.15) is 10.4 Å². The number of carbonyl (C=O) groups excluding carboxylic acids is 1. The lowest BCUT2D eigenvalue weighted by Gasteiger charge is -2.34. The van der Waals surface area contributed by atoms with Gasteiger partial charge in [0.1, 0.15) is 0 Å². The number of rotatable bonds is 3. The van der Waals surface area contributed by atoms with Crippen LogP contribution in [0, 0.1) is 0 Å². The van der Waals surface area contributed by atoms with E-state index in [-0.39, 0.29) is 5.91 Å². The zero-order valence-corrected chi connectivity index (χ0v) is 13.0. The highest BCUT2D eigenvalue weighted by atomic mass is 79.9. The van der Waals surface area contributed by atoms with Crippen LogP contribution in [0.15, 0.2) is 35.3 Å². The standard InChI is InChI=1S/C14H16BrClN2O/c1-2-5-17-6-8-18(9-7-17)14(19)12-10-11(15)3-4-13(12)16/h2-4,10H,1,5-9H2. The topological polar surface area (TPSA) is 23.6 Å². The Labute approximate surface area is 127 Å². The van der Waals surface area contributed by atoms with Crippen LogP contribution in [-0.4, -0.2) is 48.4 Å². The van der Waals surface area contributed by atoms with Crippen molar-refractivity contribution in [3.63, 3.8) is 0 Å². The predicted molar refractivity (Wildman–Crippen MR) is 81.7 cm³/mol. The summed E-state index contributed by atoms with van der Waals surface area (Å²) < 4.78 is 0.866. The first kappa shape index (κ1) is 14.6. The molecule has 1 aromatic carbocycles. The first-order valence-electron chi connectivity index (χ1n) is 6.19. The Morgan fingerprint density at radius 3 is 2.68 bits per heavy atom. The van der Waals surface area contributed by atoms with Gasteiger partial charge in [-0.05, 0) is 18.2 Å². The van der Waals surface area contributed by atoms with Crippen molar-refractivity contribution in [3.8, 4) is 0 Å². The second-order valence-electron chi connectivity index (χ2n) is 4.51. The maximum atomic E-state index is 12.4. The molecule has 0 N–H and O–H groups in total. The predicted octanol–water partition coefficient (Wildman–Crippen LogP) is 3.05. The summed E-state index contributed by atoms with van der Waals surface area (Å²) in [4.78, 5) is 16.6. The average Bonchev–Trinajstić information content (AvgIpc) is 2.42. The molecule has 2 rings (SSSR count). The Bertz CT molecular complexity index is 484. The van der Waals surface area contributed by atoms with Gasteiger partial charge in [-0.2, -0.15) is 0 Å². The third-order valence-electron chi connectivity index (χ3n) is 3.21. The Morgan fingerprint density at radius 1 is 1.37 bits per heavy atom. The minimum Gasteiger partial charge on any atom is -0.336 e. The Kier molecular flexibility index (Phi) is 5.02. The Morgan fingerprint density at radius 2 is 2.05 bits per heavy atom. The molecule has 0 aliphatic carbocycles. The van der Waals surface area contributed by atoms with Gasteiger partial charge in [-0.1, -0.05) is 33.6 Å². The lowest BCUT2D eigenvalue weighted by molar-refractivity contribution is 0.0650. The zero-order chi connectivity index (χ0) is 13.8. The van der Waals surface area contributed by atoms with Crippen molar-refractivity contribution < 1.29 is 4.79 Å². The fourth-order valence-corrected chi connectivity index (χ4v) is 2.71. The number of carbonyl (C=O) groups is 1. The van der Waals surface area contributed by atoms with Gasteiger partial charge in [-0.25, -0.2) is 0 Å². The van der Waals surface area contributed by atoms with Crippen LogP contribution >= 0.6 is 27.5 Å². The first-order chi connectivity index (χ1) is 9.11. The normalized spacial score (nSPS) is 16.4. The van der Waals surface area contributed by atoms with E-state index in [0.717, 1.165) is 37.2 Å². The average molecular weight is 344 g/mol. The molecule has 0 saturated carbocycles. The largest absolute Gasteiger partial charge is 0.336 e. The molecule has 1 fully saturated rings. The highest BCUT2D eigenvalue weighted by Gasteiger charge is 2.23. The Hall–Kier alpha value is -0.840. The first-order valence-corrected chi connectivity index (χ1v) is 7.36. The van der Waals surface area contributed by atoms with E-state index in [1.165, 1.54) is 0 Å². The molecule has 1 heterocycles. The monoisotopic (exact) mass is 342 g/mol. The minimum absolute atomic E-state index is 0.00422. The Balaban J connectivity index is 2.05. The molecule has 0 spiro atoms. The van der Waals surface area contributed by atoms with Gasteiger partial charge in [0.2, 0.25) is 0 Å². The van der Waals surface area contributed by atoms with E-state index in [9.17, 15) is 4.79 Å². The number of piperazine rings is 1. The van der Waals surface area contributed by atoms with Crippen LogP contribution < -0.4 is 0 Å². The summed E-state index contributed by atoms with van der Waals surface area (Å²) in [6.45, 7) is 7.83. The zero-order valence-electron chi connectivity index (χ0n) is 10.6. The van der Waals surface area contributed by atoms with Gasteiger partial charge in [-0.3, -0.25) is 9.69 Å². The van der Waals surface area contributed by atoms with E-state index in [1.54, 1.807) is 12.1 Å². The van der Waals surface area contributed by atoms with E-state index in [1.807, 2.05) is 17.0 Å². The molecule has 0 atom stereocenters. The number of hydrogen-bond acceptors (Lipinski definition) is 2. The second kappa shape index (κ2) is 6.55. The van der Waals surface area contributed by atoms with Gasteiger partial charge in [0, 0.05) is 37.2 Å². The number of nitrogens with zero attached hydrogens (tertiary/aromatic N) is 2. The fraction of sp³-hybridized carbons (Fsp3) is 0.357. The van der Waals surface area contributed by atoms with E-state index >= 15 is 0 Å². The van der Waals surface area contributed by atoms with Crippen LogP contribution in [-0.2, 0) is 0 Å². The van der Waals surface area contributed by atoms with Crippen molar-refractivity contribution >= 4 is 33.4 Å². The van der Waals surface area contributed by atoms with Crippen molar-refractivity contribution in [3.05, 3.63) is 45.9 Å². The lowest BCUT2D eigenvalue weighted by Crippen LogP contribution is -2.48. The molecule has 1 aliphatic rings. The van der Waals surface area contributed by atoms with E-state index in [2.05, 4.69) is 27.4 Å². The molecule has 1 saturated heterocycles. The second-order valence-corrected chi connectivity index (χ2v) is 5.83. The lowest BCUT2D eigenvalue weighted by atomic mass is 10.2. The molecule has 5 heteroatoms. The molecule has 1 aromatic rings. The summed E-state index contributed by atoms with van der Waals surface area (Å²) in [5, 5.41) is 0.502. The van der Waals surface area contributed by atoms with Crippen molar-refractivity contribution in [1.29, 1.82) is 0 Å². The van der Waals surface area contributed by atoms with Crippen LogP contribution in [0.25, 0.3) is 0 Å². The smallest absolute Gasteiger partial charge is 0.255 e. The van der Waals surface area contributed by atoms with E-state index in [0.29, 0.717) is 10.6 Å². The quantitative estimate of drug-likeness (QED) is 0.788. The summed E-state index contributed by atoms with van der Waals surface area (Å²) in [7, 11) is 0. The summed E-state index contributed by atoms with van der Waals surface area (Å²) in [6, 6.07) is 5.36. The van der Waals surface area contributed by atoms with Gasteiger partial charge >= 0.3 is 0 Å². The van der Waals surface area contributed by atoms with Crippen LogP contribution in [0.5, 0.6) is 0 Å². The molecule has 102 valence electrons.